The third kappa shape index (κ3) is 5.67. The van der Waals surface area contributed by atoms with E-state index in [4.69, 9.17) is 16.3 Å². The fourth-order valence-corrected chi connectivity index (χ4v) is 3.30. The number of piperidine rings is 1. The monoisotopic (exact) mass is 352 g/mol. The van der Waals surface area contributed by atoms with Crippen molar-refractivity contribution in [1.82, 2.24) is 10.2 Å². The molecule has 134 valence electrons. The smallest absolute Gasteiger partial charge is 0.410 e. The second kappa shape index (κ2) is 8.21. The van der Waals surface area contributed by atoms with Crippen LogP contribution in [0.5, 0.6) is 0 Å². The molecular formula is C19H29ClN2O2. The summed E-state index contributed by atoms with van der Waals surface area (Å²) in [5.41, 5.74) is 0.667. The van der Waals surface area contributed by atoms with E-state index in [9.17, 15) is 4.79 Å². The number of hydrogen-bond donors (Lipinski definition) is 1. The Morgan fingerprint density at radius 2 is 2.12 bits per heavy atom. The Balaban J connectivity index is 1.85. The van der Waals surface area contributed by atoms with Crippen LogP contribution in [0.1, 0.15) is 52.1 Å². The number of likely N-dealkylation sites (tertiary alicyclic amines) is 1. The van der Waals surface area contributed by atoms with Gasteiger partial charge in [0, 0.05) is 30.7 Å². The van der Waals surface area contributed by atoms with Crippen molar-refractivity contribution in [3.05, 3.63) is 34.9 Å². The maximum absolute atomic E-state index is 12.2. The number of ether oxygens (including phenoxy) is 1. The third-order valence-electron chi connectivity index (χ3n) is 4.26. The molecule has 0 saturated carbocycles. The van der Waals surface area contributed by atoms with Crippen molar-refractivity contribution < 1.29 is 9.53 Å². The first-order chi connectivity index (χ1) is 11.3. The van der Waals surface area contributed by atoms with Gasteiger partial charge in [-0.15, -0.1) is 0 Å². The van der Waals surface area contributed by atoms with Gasteiger partial charge in [-0.2, -0.15) is 0 Å². The Hall–Kier alpha value is -1.26. The number of amides is 1. The topological polar surface area (TPSA) is 41.6 Å². The summed E-state index contributed by atoms with van der Waals surface area (Å²) >= 11 is 6.26. The summed E-state index contributed by atoms with van der Waals surface area (Å²) in [4.78, 5) is 14.1. The molecule has 1 aliphatic rings. The van der Waals surface area contributed by atoms with Gasteiger partial charge in [-0.05, 0) is 58.1 Å². The molecule has 1 saturated heterocycles. The average Bonchev–Trinajstić information content (AvgIpc) is 2.52. The van der Waals surface area contributed by atoms with Crippen molar-refractivity contribution in [2.75, 3.05) is 19.6 Å². The highest BCUT2D eigenvalue weighted by Crippen LogP contribution is 2.24. The number of rotatable bonds is 4. The molecule has 24 heavy (non-hydrogen) atoms. The summed E-state index contributed by atoms with van der Waals surface area (Å²) in [6.07, 6.45) is 1.94. The van der Waals surface area contributed by atoms with Crippen LogP contribution < -0.4 is 5.32 Å². The second-order valence-corrected chi connectivity index (χ2v) is 7.99. The molecule has 2 rings (SSSR count). The molecule has 0 aliphatic carbocycles. The van der Waals surface area contributed by atoms with Gasteiger partial charge < -0.3 is 15.0 Å². The number of benzene rings is 1. The van der Waals surface area contributed by atoms with E-state index in [1.54, 1.807) is 0 Å². The molecule has 1 heterocycles. The number of halogens is 1. The van der Waals surface area contributed by atoms with Crippen LogP contribution in [0.25, 0.3) is 0 Å². The summed E-state index contributed by atoms with van der Waals surface area (Å²) in [5, 5.41) is 4.34. The van der Waals surface area contributed by atoms with E-state index in [0.717, 1.165) is 43.1 Å². The first-order valence-corrected chi connectivity index (χ1v) is 9.10. The molecule has 2 atom stereocenters. The van der Waals surface area contributed by atoms with Crippen LogP contribution >= 0.6 is 11.6 Å². The highest BCUT2D eigenvalue weighted by molar-refractivity contribution is 6.31. The Labute approximate surface area is 150 Å². The zero-order chi connectivity index (χ0) is 17.7. The highest BCUT2D eigenvalue weighted by atomic mass is 35.5. The second-order valence-electron chi connectivity index (χ2n) is 7.59. The molecule has 1 fully saturated rings. The van der Waals surface area contributed by atoms with E-state index < -0.39 is 5.60 Å². The quantitative estimate of drug-likeness (QED) is 0.858. The lowest BCUT2D eigenvalue weighted by atomic mass is 9.97. The number of nitrogens with zero attached hydrogens (tertiary/aromatic N) is 1. The van der Waals surface area contributed by atoms with Crippen molar-refractivity contribution in [1.29, 1.82) is 0 Å². The molecule has 1 aliphatic heterocycles. The summed E-state index contributed by atoms with van der Waals surface area (Å²) in [6, 6.07) is 8.10. The summed E-state index contributed by atoms with van der Waals surface area (Å²) < 4.78 is 5.49. The fourth-order valence-electron chi connectivity index (χ4n) is 3.00. The molecule has 0 bridgehead atoms. The third-order valence-corrected chi connectivity index (χ3v) is 4.60. The van der Waals surface area contributed by atoms with Crippen LogP contribution in [0, 0.1) is 5.92 Å². The average molecular weight is 353 g/mol. The molecule has 1 aromatic rings. The number of nitrogens with one attached hydrogen (secondary N) is 1. The molecule has 2 unspecified atom stereocenters. The van der Waals surface area contributed by atoms with Gasteiger partial charge in [0.05, 0.1) is 0 Å². The maximum Gasteiger partial charge on any atom is 0.410 e. The molecule has 4 nitrogen and oxygen atoms in total. The molecule has 1 amide bonds. The Kier molecular flexibility index (Phi) is 6.53. The predicted molar refractivity (Wildman–Crippen MR) is 98.4 cm³/mol. The molecule has 1 N–H and O–H groups in total. The largest absolute Gasteiger partial charge is 0.444 e. The summed E-state index contributed by atoms with van der Waals surface area (Å²) in [5.74, 6) is 0.441. The van der Waals surface area contributed by atoms with Gasteiger partial charge in [0.1, 0.15) is 5.60 Å². The highest BCUT2D eigenvalue weighted by Gasteiger charge is 2.27. The minimum absolute atomic E-state index is 0.190. The van der Waals surface area contributed by atoms with Crippen LogP contribution in [-0.4, -0.2) is 36.2 Å². The Morgan fingerprint density at radius 3 is 2.79 bits per heavy atom. The van der Waals surface area contributed by atoms with Crippen LogP contribution in [0.4, 0.5) is 4.79 Å². The van der Waals surface area contributed by atoms with Crippen molar-refractivity contribution in [2.24, 2.45) is 5.92 Å². The SMILES string of the molecule is CC(NCC1CCCN(C(=O)OC(C)(C)C)C1)c1ccccc1Cl. The molecule has 0 spiro atoms. The first kappa shape index (κ1) is 19.1. The molecule has 1 aromatic carbocycles. The lowest BCUT2D eigenvalue weighted by Crippen LogP contribution is -2.45. The Bertz CT molecular complexity index is 557. The normalized spacial score (nSPS) is 19.9. The lowest BCUT2D eigenvalue weighted by Gasteiger charge is -2.34. The van der Waals surface area contributed by atoms with Crippen LogP contribution in [0.15, 0.2) is 24.3 Å². The standard InChI is InChI=1S/C19H29ClN2O2/c1-14(16-9-5-6-10-17(16)20)21-12-15-8-7-11-22(13-15)18(23)24-19(2,3)4/h5-6,9-10,14-15,21H,7-8,11-13H2,1-4H3. The first-order valence-electron chi connectivity index (χ1n) is 8.72. The van der Waals surface area contributed by atoms with Gasteiger partial charge in [0.2, 0.25) is 0 Å². The minimum atomic E-state index is -0.444. The minimum Gasteiger partial charge on any atom is -0.444 e. The van der Waals surface area contributed by atoms with Gasteiger partial charge in [0.25, 0.3) is 0 Å². The van der Waals surface area contributed by atoms with Gasteiger partial charge >= 0.3 is 6.09 Å². The number of hydrogen-bond acceptors (Lipinski definition) is 3. The zero-order valence-corrected chi connectivity index (χ0v) is 15.9. The Morgan fingerprint density at radius 1 is 1.42 bits per heavy atom. The zero-order valence-electron chi connectivity index (χ0n) is 15.1. The van der Waals surface area contributed by atoms with Gasteiger partial charge in [0.15, 0.2) is 0 Å². The van der Waals surface area contributed by atoms with Crippen molar-refractivity contribution >= 4 is 17.7 Å². The van der Waals surface area contributed by atoms with Crippen LogP contribution in [-0.2, 0) is 4.74 Å². The van der Waals surface area contributed by atoms with Crippen molar-refractivity contribution in [2.45, 2.75) is 52.2 Å². The summed E-state index contributed by atoms with van der Waals surface area (Å²) in [7, 11) is 0. The lowest BCUT2D eigenvalue weighted by molar-refractivity contribution is 0.0165. The molecular weight excluding hydrogens is 324 g/mol. The fraction of sp³-hybridized carbons (Fsp3) is 0.632. The number of carbonyl (C=O) groups excluding carboxylic acids is 1. The molecule has 0 aromatic heterocycles. The van der Waals surface area contributed by atoms with Gasteiger partial charge in [-0.25, -0.2) is 4.79 Å². The molecule has 5 heteroatoms. The van der Waals surface area contributed by atoms with Crippen LogP contribution in [0.2, 0.25) is 5.02 Å². The number of carbonyl (C=O) groups is 1. The maximum atomic E-state index is 12.2. The van der Waals surface area contributed by atoms with Gasteiger partial charge in [-0.3, -0.25) is 0 Å². The summed E-state index contributed by atoms with van der Waals surface area (Å²) in [6.45, 7) is 10.2. The predicted octanol–water partition coefficient (Wildman–Crippen LogP) is 4.64. The van der Waals surface area contributed by atoms with E-state index in [-0.39, 0.29) is 12.1 Å². The van der Waals surface area contributed by atoms with E-state index >= 15 is 0 Å². The van der Waals surface area contributed by atoms with Crippen LogP contribution in [0.3, 0.4) is 0 Å². The van der Waals surface area contributed by atoms with Gasteiger partial charge in [-0.1, -0.05) is 29.8 Å². The van der Waals surface area contributed by atoms with E-state index in [1.807, 2.05) is 49.9 Å². The van der Waals surface area contributed by atoms with Crippen molar-refractivity contribution in [3.63, 3.8) is 0 Å². The van der Waals surface area contributed by atoms with E-state index in [0.29, 0.717) is 5.92 Å². The van der Waals surface area contributed by atoms with Crippen molar-refractivity contribution in [3.8, 4) is 0 Å². The van der Waals surface area contributed by atoms with E-state index in [2.05, 4.69) is 12.2 Å². The van der Waals surface area contributed by atoms with E-state index in [1.165, 1.54) is 0 Å². The molecule has 0 radical (unpaired) electrons.